The fourth-order valence-corrected chi connectivity index (χ4v) is 3.33. The molecule has 3 amide bonds. The van der Waals surface area contributed by atoms with Crippen LogP contribution in [-0.2, 0) is 11.3 Å². The number of anilines is 2. The second-order valence-electron chi connectivity index (χ2n) is 7.11. The van der Waals surface area contributed by atoms with Crippen molar-refractivity contribution in [2.45, 2.75) is 51.6 Å². The number of hydrogen-bond acceptors (Lipinski definition) is 3. The molecule has 2 aromatic rings. The lowest BCUT2D eigenvalue weighted by molar-refractivity contribution is -0.119. The number of amides is 3. The van der Waals surface area contributed by atoms with Crippen LogP contribution in [0.5, 0.6) is 0 Å². The van der Waals surface area contributed by atoms with E-state index in [1.54, 1.807) is 18.3 Å². The lowest BCUT2D eigenvalue weighted by Crippen LogP contribution is -2.36. The standard InChI is InChI=1S/C20H27N5O2/c1-15(10-13-25-12-5-11-21-25)22-20(27)24-18-9-4-8-17(14-18)23-19(26)16-6-2-3-7-16/h4-5,8-9,11-12,14-16H,2-3,6-7,10,13H2,1H3,(H,23,26)(H2,22,24,27)/t15-/m0/s1. The summed E-state index contributed by atoms with van der Waals surface area (Å²) < 4.78 is 1.84. The summed E-state index contributed by atoms with van der Waals surface area (Å²) in [5.41, 5.74) is 1.35. The van der Waals surface area contributed by atoms with E-state index in [4.69, 9.17) is 0 Å². The first-order chi connectivity index (χ1) is 13.1. The number of hydrogen-bond donors (Lipinski definition) is 3. The van der Waals surface area contributed by atoms with Gasteiger partial charge in [-0.05, 0) is 50.5 Å². The number of aryl methyl sites for hydroxylation is 1. The van der Waals surface area contributed by atoms with E-state index in [0.29, 0.717) is 11.4 Å². The van der Waals surface area contributed by atoms with Gasteiger partial charge in [0.2, 0.25) is 5.91 Å². The Morgan fingerprint density at radius 3 is 2.63 bits per heavy atom. The van der Waals surface area contributed by atoms with E-state index in [-0.39, 0.29) is 23.9 Å². The van der Waals surface area contributed by atoms with Crippen LogP contribution in [0.25, 0.3) is 0 Å². The van der Waals surface area contributed by atoms with Gasteiger partial charge in [-0.1, -0.05) is 18.9 Å². The molecule has 144 valence electrons. The molecule has 1 aromatic carbocycles. The monoisotopic (exact) mass is 369 g/mol. The van der Waals surface area contributed by atoms with E-state index >= 15 is 0 Å². The number of carbonyl (C=O) groups excluding carboxylic acids is 2. The minimum atomic E-state index is -0.262. The van der Waals surface area contributed by atoms with Crippen LogP contribution in [0.4, 0.5) is 16.2 Å². The molecule has 0 unspecified atom stereocenters. The fourth-order valence-electron chi connectivity index (χ4n) is 3.33. The van der Waals surface area contributed by atoms with Gasteiger partial charge in [0, 0.05) is 42.3 Å². The highest BCUT2D eigenvalue weighted by Crippen LogP contribution is 2.26. The average Bonchev–Trinajstić information content (AvgIpc) is 3.34. The summed E-state index contributed by atoms with van der Waals surface area (Å²) in [4.78, 5) is 24.4. The van der Waals surface area contributed by atoms with Crippen LogP contribution in [0.1, 0.15) is 39.0 Å². The Bertz CT molecular complexity index is 753. The zero-order chi connectivity index (χ0) is 19.1. The molecule has 1 aromatic heterocycles. The highest BCUT2D eigenvalue weighted by molar-refractivity contribution is 5.94. The third-order valence-electron chi connectivity index (χ3n) is 4.84. The Balaban J connectivity index is 1.46. The van der Waals surface area contributed by atoms with Crippen LogP contribution in [-0.4, -0.2) is 27.8 Å². The average molecular weight is 369 g/mol. The van der Waals surface area contributed by atoms with Crippen LogP contribution in [0.3, 0.4) is 0 Å². The zero-order valence-corrected chi connectivity index (χ0v) is 15.6. The minimum Gasteiger partial charge on any atom is -0.335 e. The van der Waals surface area contributed by atoms with Crippen molar-refractivity contribution in [1.82, 2.24) is 15.1 Å². The molecule has 0 spiro atoms. The van der Waals surface area contributed by atoms with Gasteiger partial charge in [-0.25, -0.2) is 4.79 Å². The highest BCUT2D eigenvalue weighted by Gasteiger charge is 2.22. The van der Waals surface area contributed by atoms with Gasteiger partial charge in [0.25, 0.3) is 0 Å². The molecule has 7 nitrogen and oxygen atoms in total. The highest BCUT2D eigenvalue weighted by atomic mass is 16.2. The number of nitrogens with zero attached hydrogens (tertiary/aromatic N) is 2. The van der Waals surface area contributed by atoms with Crippen molar-refractivity contribution < 1.29 is 9.59 Å². The van der Waals surface area contributed by atoms with Gasteiger partial charge in [-0.2, -0.15) is 5.10 Å². The molecule has 1 atom stereocenters. The Kier molecular flexibility index (Phi) is 6.46. The first-order valence-electron chi connectivity index (χ1n) is 9.56. The second-order valence-corrected chi connectivity index (χ2v) is 7.11. The normalized spacial score (nSPS) is 15.3. The molecule has 1 aliphatic carbocycles. The molecule has 0 bridgehead atoms. The van der Waals surface area contributed by atoms with Crippen LogP contribution >= 0.6 is 0 Å². The van der Waals surface area contributed by atoms with Gasteiger partial charge in [0.1, 0.15) is 0 Å². The topological polar surface area (TPSA) is 88.1 Å². The van der Waals surface area contributed by atoms with E-state index in [2.05, 4.69) is 21.0 Å². The zero-order valence-electron chi connectivity index (χ0n) is 15.6. The number of urea groups is 1. The van der Waals surface area contributed by atoms with E-state index < -0.39 is 0 Å². The summed E-state index contributed by atoms with van der Waals surface area (Å²) in [5.74, 6) is 0.182. The van der Waals surface area contributed by atoms with Crippen molar-refractivity contribution in [2.24, 2.45) is 5.92 Å². The predicted octanol–water partition coefficient (Wildman–Crippen LogP) is 3.61. The molecule has 27 heavy (non-hydrogen) atoms. The van der Waals surface area contributed by atoms with E-state index in [1.165, 1.54) is 0 Å². The van der Waals surface area contributed by atoms with Crippen LogP contribution in [0.2, 0.25) is 0 Å². The lowest BCUT2D eigenvalue weighted by Gasteiger charge is -2.15. The number of benzene rings is 1. The Labute approximate surface area is 159 Å². The maximum atomic E-state index is 12.2. The predicted molar refractivity (Wildman–Crippen MR) is 105 cm³/mol. The van der Waals surface area contributed by atoms with Gasteiger partial charge < -0.3 is 16.0 Å². The summed E-state index contributed by atoms with van der Waals surface area (Å²) in [6, 6.07) is 8.87. The molecular formula is C20H27N5O2. The lowest BCUT2D eigenvalue weighted by atomic mass is 10.1. The van der Waals surface area contributed by atoms with Crippen molar-refractivity contribution in [3.8, 4) is 0 Å². The van der Waals surface area contributed by atoms with Crippen molar-refractivity contribution >= 4 is 23.3 Å². The molecule has 1 saturated carbocycles. The number of nitrogens with one attached hydrogen (secondary N) is 3. The maximum Gasteiger partial charge on any atom is 0.319 e. The number of rotatable bonds is 7. The Morgan fingerprint density at radius 2 is 1.93 bits per heavy atom. The molecule has 0 aliphatic heterocycles. The van der Waals surface area contributed by atoms with Gasteiger partial charge in [0.15, 0.2) is 0 Å². The molecule has 0 radical (unpaired) electrons. The van der Waals surface area contributed by atoms with Crippen LogP contribution in [0, 0.1) is 5.92 Å². The van der Waals surface area contributed by atoms with Crippen LogP contribution < -0.4 is 16.0 Å². The van der Waals surface area contributed by atoms with Gasteiger partial charge in [-0.3, -0.25) is 9.48 Å². The maximum absolute atomic E-state index is 12.2. The van der Waals surface area contributed by atoms with Crippen molar-refractivity contribution in [3.63, 3.8) is 0 Å². The molecule has 7 heteroatoms. The molecule has 1 aliphatic rings. The molecule has 1 fully saturated rings. The van der Waals surface area contributed by atoms with Gasteiger partial charge in [-0.15, -0.1) is 0 Å². The van der Waals surface area contributed by atoms with E-state index in [0.717, 1.165) is 38.6 Å². The van der Waals surface area contributed by atoms with E-state index in [1.807, 2.05) is 36.0 Å². The Morgan fingerprint density at radius 1 is 1.19 bits per heavy atom. The molecule has 1 heterocycles. The third kappa shape index (κ3) is 5.84. The summed E-state index contributed by atoms with van der Waals surface area (Å²) in [6.07, 6.45) is 8.59. The molecular weight excluding hydrogens is 342 g/mol. The SMILES string of the molecule is C[C@@H](CCn1cccn1)NC(=O)Nc1cccc(NC(=O)C2CCCC2)c1. The van der Waals surface area contributed by atoms with Gasteiger partial charge >= 0.3 is 6.03 Å². The van der Waals surface area contributed by atoms with E-state index in [9.17, 15) is 9.59 Å². The largest absolute Gasteiger partial charge is 0.335 e. The summed E-state index contributed by atoms with van der Waals surface area (Å²) in [5, 5.41) is 12.8. The molecule has 3 N–H and O–H groups in total. The fraction of sp³-hybridized carbons (Fsp3) is 0.450. The second kappa shape index (κ2) is 9.21. The molecule has 3 rings (SSSR count). The first-order valence-corrected chi connectivity index (χ1v) is 9.56. The summed E-state index contributed by atoms with van der Waals surface area (Å²) in [6.45, 7) is 2.71. The summed E-state index contributed by atoms with van der Waals surface area (Å²) >= 11 is 0. The van der Waals surface area contributed by atoms with Crippen molar-refractivity contribution in [2.75, 3.05) is 10.6 Å². The Hall–Kier alpha value is -2.83. The van der Waals surface area contributed by atoms with Gasteiger partial charge in [0.05, 0.1) is 0 Å². The molecule has 0 saturated heterocycles. The summed E-state index contributed by atoms with van der Waals surface area (Å²) in [7, 11) is 0. The quantitative estimate of drug-likeness (QED) is 0.696. The number of carbonyl (C=O) groups is 2. The van der Waals surface area contributed by atoms with Crippen molar-refractivity contribution in [3.05, 3.63) is 42.7 Å². The third-order valence-corrected chi connectivity index (χ3v) is 4.84. The van der Waals surface area contributed by atoms with Crippen LogP contribution in [0.15, 0.2) is 42.7 Å². The minimum absolute atomic E-state index is 0.0134. The first kappa shape index (κ1) is 18.9. The smallest absolute Gasteiger partial charge is 0.319 e. The van der Waals surface area contributed by atoms with Crippen molar-refractivity contribution in [1.29, 1.82) is 0 Å². The number of aromatic nitrogens is 2.